The van der Waals surface area contributed by atoms with Crippen molar-refractivity contribution >= 4 is 17.9 Å². The number of hydrogen-bond donors (Lipinski definition) is 2. The van der Waals surface area contributed by atoms with Crippen LogP contribution in [-0.4, -0.2) is 47.5 Å². The molecule has 1 aromatic rings. The fraction of sp³-hybridized carbons (Fsp3) is 0.625. The lowest BCUT2D eigenvalue weighted by Gasteiger charge is -2.33. The second kappa shape index (κ2) is 11.2. The van der Waals surface area contributed by atoms with Crippen LogP contribution in [0.5, 0.6) is 0 Å². The molecule has 174 valence electrons. The molecule has 7 heteroatoms. The maximum atomic E-state index is 13.5. The summed E-state index contributed by atoms with van der Waals surface area (Å²) < 4.78 is 5.34. The predicted molar refractivity (Wildman–Crippen MR) is 123 cm³/mol. The van der Waals surface area contributed by atoms with Gasteiger partial charge >= 0.3 is 6.09 Å². The summed E-state index contributed by atoms with van der Waals surface area (Å²) in [6.07, 6.45) is -0.228. The Kier molecular flexibility index (Phi) is 9.53. The van der Waals surface area contributed by atoms with Crippen LogP contribution in [0.1, 0.15) is 72.1 Å². The highest BCUT2D eigenvalue weighted by Gasteiger charge is 2.35. The standard InChI is InChI=1S/C24H39N3O4/c1-15(2)14-19(26-23(30)31-24(6,7)8)22(29)27(9)20(21(28)25-16(3)4)18-13-11-10-12-17(18)5/h10-13,15-16,19-20H,14H2,1-9H3,(H,25,28)(H,26,30). The highest BCUT2D eigenvalue weighted by Crippen LogP contribution is 2.25. The van der Waals surface area contributed by atoms with Gasteiger partial charge in [0.15, 0.2) is 0 Å². The van der Waals surface area contributed by atoms with Crippen molar-refractivity contribution in [2.24, 2.45) is 5.92 Å². The Morgan fingerprint density at radius 3 is 2.10 bits per heavy atom. The monoisotopic (exact) mass is 433 g/mol. The Morgan fingerprint density at radius 2 is 1.61 bits per heavy atom. The maximum absolute atomic E-state index is 13.5. The van der Waals surface area contributed by atoms with Gasteiger partial charge < -0.3 is 20.3 Å². The Bertz CT molecular complexity index is 768. The van der Waals surface area contributed by atoms with Crippen LogP contribution in [0.4, 0.5) is 4.79 Å². The number of hydrogen-bond acceptors (Lipinski definition) is 4. The molecule has 2 unspecified atom stereocenters. The van der Waals surface area contributed by atoms with Gasteiger partial charge in [0.1, 0.15) is 17.7 Å². The molecule has 1 aromatic carbocycles. The number of benzene rings is 1. The SMILES string of the molecule is Cc1ccccc1C(C(=O)NC(C)C)N(C)C(=O)C(CC(C)C)NC(=O)OC(C)(C)C. The first-order chi connectivity index (χ1) is 14.2. The van der Waals surface area contributed by atoms with Gasteiger partial charge in [-0.25, -0.2) is 4.79 Å². The number of likely N-dealkylation sites (N-methyl/N-ethyl adjacent to an activating group) is 1. The van der Waals surface area contributed by atoms with Gasteiger partial charge in [0.25, 0.3) is 0 Å². The Hall–Kier alpha value is -2.57. The van der Waals surface area contributed by atoms with Crippen molar-refractivity contribution in [2.75, 3.05) is 7.05 Å². The quantitative estimate of drug-likeness (QED) is 0.650. The van der Waals surface area contributed by atoms with Gasteiger partial charge in [0, 0.05) is 13.1 Å². The third-order valence-electron chi connectivity index (χ3n) is 4.59. The maximum Gasteiger partial charge on any atom is 0.408 e. The van der Waals surface area contributed by atoms with Gasteiger partial charge in [-0.3, -0.25) is 9.59 Å². The largest absolute Gasteiger partial charge is 0.444 e. The molecule has 3 amide bonds. The number of nitrogens with one attached hydrogen (secondary N) is 2. The predicted octanol–water partition coefficient (Wildman–Crippen LogP) is 3.96. The van der Waals surface area contributed by atoms with E-state index in [4.69, 9.17) is 4.74 Å². The minimum Gasteiger partial charge on any atom is -0.444 e. The van der Waals surface area contributed by atoms with Crippen LogP contribution in [0.25, 0.3) is 0 Å². The fourth-order valence-electron chi connectivity index (χ4n) is 3.30. The Balaban J connectivity index is 3.25. The molecule has 0 heterocycles. The summed E-state index contributed by atoms with van der Waals surface area (Å²) in [5.74, 6) is -0.453. The molecule has 0 aliphatic rings. The highest BCUT2D eigenvalue weighted by atomic mass is 16.6. The van der Waals surface area contributed by atoms with E-state index in [1.807, 2.05) is 58.9 Å². The smallest absolute Gasteiger partial charge is 0.408 e. The van der Waals surface area contributed by atoms with Gasteiger partial charge in [-0.1, -0.05) is 38.1 Å². The van der Waals surface area contributed by atoms with E-state index in [-0.39, 0.29) is 23.8 Å². The molecule has 0 radical (unpaired) electrons. The van der Waals surface area contributed by atoms with Crippen LogP contribution >= 0.6 is 0 Å². The van der Waals surface area contributed by atoms with Crippen molar-refractivity contribution in [3.63, 3.8) is 0 Å². The number of carbonyl (C=O) groups excluding carboxylic acids is 3. The minimum atomic E-state index is -0.814. The Labute approximate surface area is 186 Å². The van der Waals surface area contributed by atoms with E-state index in [0.717, 1.165) is 11.1 Å². The second-order valence-electron chi connectivity index (χ2n) is 9.70. The lowest BCUT2D eigenvalue weighted by molar-refractivity contribution is -0.141. The molecule has 0 aliphatic heterocycles. The first-order valence-electron chi connectivity index (χ1n) is 10.8. The van der Waals surface area contributed by atoms with Gasteiger partial charge in [0.05, 0.1) is 0 Å². The summed E-state index contributed by atoms with van der Waals surface area (Å²) in [5, 5.41) is 5.61. The fourth-order valence-corrected chi connectivity index (χ4v) is 3.30. The van der Waals surface area contributed by atoms with E-state index < -0.39 is 23.8 Å². The van der Waals surface area contributed by atoms with Crippen molar-refractivity contribution in [2.45, 2.75) is 85.5 Å². The topological polar surface area (TPSA) is 87.7 Å². The van der Waals surface area contributed by atoms with Gasteiger partial charge in [0.2, 0.25) is 11.8 Å². The van der Waals surface area contributed by atoms with Crippen LogP contribution in [0, 0.1) is 12.8 Å². The lowest BCUT2D eigenvalue weighted by Crippen LogP contribution is -2.52. The van der Waals surface area contributed by atoms with Gasteiger partial charge in [-0.15, -0.1) is 0 Å². The normalized spacial score (nSPS) is 13.5. The molecule has 0 saturated carbocycles. The molecule has 0 aliphatic carbocycles. The second-order valence-corrected chi connectivity index (χ2v) is 9.70. The van der Waals surface area contributed by atoms with E-state index in [0.29, 0.717) is 6.42 Å². The van der Waals surface area contributed by atoms with E-state index in [1.54, 1.807) is 27.8 Å². The summed E-state index contributed by atoms with van der Waals surface area (Å²) in [4.78, 5) is 40.4. The van der Waals surface area contributed by atoms with Crippen molar-refractivity contribution in [3.05, 3.63) is 35.4 Å². The third-order valence-corrected chi connectivity index (χ3v) is 4.59. The third kappa shape index (κ3) is 8.59. The number of amides is 3. The zero-order chi connectivity index (χ0) is 23.9. The number of carbonyl (C=O) groups is 3. The van der Waals surface area contributed by atoms with Crippen LogP contribution in [-0.2, 0) is 14.3 Å². The molecule has 0 bridgehead atoms. The van der Waals surface area contributed by atoms with Crippen molar-refractivity contribution in [3.8, 4) is 0 Å². The molecule has 0 aromatic heterocycles. The lowest BCUT2D eigenvalue weighted by atomic mass is 9.97. The molecule has 1 rings (SSSR count). The highest BCUT2D eigenvalue weighted by molar-refractivity contribution is 5.92. The van der Waals surface area contributed by atoms with Crippen LogP contribution in [0.2, 0.25) is 0 Å². The number of ether oxygens (including phenoxy) is 1. The summed E-state index contributed by atoms with van der Waals surface area (Å²) in [5.41, 5.74) is 0.978. The minimum absolute atomic E-state index is 0.0751. The molecule has 0 saturated heterocycles. The molecule has 0 fully saturated rings. The zero-order valence-corrected chi connectivity index (χ0v) is 20.4. The zero-order valence-electron chi connectivity index (χ0n) is 20.4. The summed E-state index contributed by atoms with van der Waals surface area (Å²) in [6, 6.07) is 5.80. The van der Waals surface area contributed by atoms with E-state index in [1.165, 1.54) is 4.90 Å². The van der Waals surface area contributed by atoms with Crippen molar-refractivity contribution in [1.29, 1.82) is 0 Å². The van der Waals surface area contributed by atoms with E-state index in [2.05, 4.69) is 10.6 Å². The average Bonchev–Trinajstić information content (AvgIpc) is 2.59. The molecule has 2 N–H and O–H groups in total. The molecule has 0 spiro atoms. The summed E-state index contributed by atoms with van der Waals surface area (Å²) in [6.45, 7) is 14.9. The number of rotatable bonds is 8. The van der Waals surface area contributed by atoms with Crippen LogP contribution in [0.15, 0.2) is 24.3 Å². The molecular weight excluding hydrogens is 394 g/mol. The van der Waals surface area contributed by atoms with Crippen LogP contribution < -0.4 is 10.6 Å². The summed E-state index contributed by atoms with van der Waals surface area (Å²) >= 11 is 0. The summed E-state index contributed by atoms with van der Waals surface area (Å²) in [7, 11) is 1.60. The molecule has 31 heavy (non-hydrogen) atoms. The number of aryl methyl sites for hydroxylation is 1. The first-order valence-corrected chi connectivity index (χ1v) is 10.8. The Morgan fingerprint density at radius 1 is 1.03 bits per heavy atom. The first kappa shape index (κ1) is 26.5. The number of nitrogens with zero attached hydrogens (tertiary/aromatic N) is 1. The molecule has 2 atom stereocenters. The molecule has 7 nitrogen and oxygen atoms in total. The van der Waals surface area contributed by atoms with E-state index >= 15 is 0 Å². The number of alkyl carbamates (subject to hydrolysis) is 1. The average molecular weight is 434 g/mol. The van der Waals surface area contributed by atoms with Crippen molar-refractivity contribution in [1.82, 2.24) is 15.5 Å². The molecular formula is C24H39N3O4. The van der Waals surface area contributed by atoms with Gasteiger partial charge in [-0.2, -0.15) is 0 Å². The van der Waals surface area contributed by atoms with Crippen molar-refractivity contribution < 1.29 is 19.1 Å². The van der Waals surface area contributed by atoms with Crippen LogP contribution in [0.3, 0.4) is 0 Å². The van der Waals surface area contributed by atoms with E-state index in [9.17, 15) is 14.4 Å². The van der Waals surface area contributed by atoms with Gasteiger partial charge in [-0.05, 0) is 65.0 Å².